The fourth-order valence-electron chi connectivity index (χ4n) is 2.37. The van der Waals surface area contributed by atoms with Crippen LogP contribution in [0.1, 0.15) is 39.7 Å². The van der Waals surface area contributed by atoms with Gasteiger partial charge >= 0.3 is 0 Å². The predicted molar refractivity (Wildman–Crippen MR) is 115 cm³/mol. The van der Waals surface area contributed by atoms with Crippen LogP contribution >= 0.6 is 11.9 Å². The Morgan fingerprint density at radius 2 is 1.81 bits per heavy atom. The molecule has 6 heteroatoms. The van der Waals surface area contributed by atoms with Crippen LogP contribution in [0.3, 0.4) is 0 Å². The Kier molecular flexibility index (Phi) is 9.69. The molecular weight excluding hydrogens is 342 g/mol. The number of rotatable bonds is 10. The molecule has 1 aromatic rings. The van der Waals surface area contributed by atoms with E-state index in [1.807, 2.05) is 6.08 Å². The minimum atomic E-state index is -0.328. The van der Waals surface area contributed by atoms with Gasteiger partial charge in [-0.3, -0.25) is 5.84 Å². The Balaban J connectivity index is 2.87. The van der Waals surface area contributed by atoms with Crippen molar-refractivity contribution < 1.29 is 0 Å². The van der Waals surface area contributed by atoms with Gasteiger partial charge in [-0.05, 0) is 68.5 Å². The van der Waals surface area contributed by atoms with Crippen molar-refractivity contribution in [2.45, 2.75) is 44.6 Å². The maximum atomic E-state index is 5.72. The molecule has 0 saturated heterocycles. The van der Waals surface area contributed by atoms with Gasteiger partial charge < -0.3 is 16.9 Å². The zero-order chi connectivity index (χ0) is 19.6. The zero-order valence-corrected chi connectivity index (χ0v) is 17.1. The molecule has 0 radical (unpaired) electrons. The van der Waals surface area contributed by atoms with Crippen molar-refractivity contribution in [2.24, 2.45) is 17.3 Å². The highest BCUT2D eigenvalue weighted by Gasteiger charge is 2.22. The lowest BCUT2D eigenvalue weighted by molar-refractivity contribution is 0.520. The second kappa shape index (κ2) is 11.2. The zero-order valence-electron chi connectivity index (χ0n) is 16.3. The largest absolute Gasteiger partial charge is 0.327 e. The van der Waals surface area contributed by atoms with E-state index in [-0.39, 0.29) is 5.54 Å². The maximum absolute atomic E-state index is 5.72. The van der Waals surface area contributed by atoms with Gasteiger partial charge in [-0.15, -0.1) is 0 Å². The first-order valence-electron chi connectivity index (χ1n) is 8.87. The number of allylic oxidation sites excluding steroid dienone is 3. The average Bonchev–Trinajstić information content (AvgIpc) is 2.64. The summed E-state index contributed by atoms with van der Waals surface area (Å²) < 4.78 is 3.43. The molecule has 0 aliphatic heterocycles. The van der Waals surface area contributed by atoms with Gasteiger partial charge in [0.25, 0.3) is 0 Å². The summed E-state index contributed by atoms with van der Waals surface area (Å²) in [6.45, 7) is 9.31. The van der Waals surface area contributed by atoms with Crippen LogP contribution in [0.5, 0.6) is 0 Å². The second-order valence-corrected chi connectivity index (χ2v) is 7.49. The number of nitrogens with one attached hydrogen (secondary N) is 2. The van der Waals surface area contributed by atoms with Gasteiger partial charge in [0, 0.05) is 23.7 Å². The number of benzene rings is 1. The molecule has 1 aromatic carbocycles. The van der Waals surface area contributed by atoms with Crippen molar-refractivity contribution in [3.8, 4) is 0 Å². The summed E-state index contributed by atoms with van der Waals surface area (Å²) in [6, 6.07) is 8.49. The molecule has 0 bridgehead atoms. The number of hydrazine groups is 1. The van der Waals surface area contributed by atoms with E-state index in [1.165, 1.54) is 16.7 Å². The quantitative estimate of drug-likeness (QED) is 0.186. The van der Waals surface area contributed by atoms with Crippen LogP contribution in [0.25, 0.3) is 5.57 Å². The molecular formula is C20H33N5S. The molecule has 5 nitrogen and oxygen atoms in total. The molecule has 144 valence electrons. The highest BCUT2D eigenvalue weighted by Crippen LogP contribution is 2.25. The van der Waals surface area contributed by atoms with Gasteiger partial charge in [-0.1, -0.05) is 36.8 Å². The summed E-state index contributed by atoms with van der Waals surface area (Å²) >= 11 is 1.57. The summed E-state index contributed by atoms with van der Waals surface area (Å²) in [4.78, 5) is 1.13. The van der Waals surface area contributed by atoms with Gasteiger partial charge in [0.05, 0.1) is 5.54 Å². The van der Waals surface area contributed by atoms with Crippen molar-refractivity contribution in [3.05, 3.63) is 59.3 Å². The van der Waals surface area contributed by atoms with E-state index in [2.05, 4.69) is 74.3 Å². The Morgan fingerprint density at radius 3 is 2.31 bits per heavy atom. The second-order valence-electron chi connectivity index (χ2n) is 6.61. The summed E-state index contributed by atoms with van der Waals surface area (Å²) in [5, 5.41) is 0. The van der Waals surface area contributed by atoms with E-state index in [0.717, 1.165) is 17.0 Å². The summed E-state index contributed by atoms with van der Waals surface area (Å²) in [5.74, 6) is 5.60. The molecule has 0 aromatic heterocycles. The third kappa shape index (κ3) is 6.97. The minimum absolute atomic E-state index is 0.328. The Morgan fingerprint density at radius 1 is 1.15 bits per heavy atom. The number of nitrogens with two attached hydrogens (primary N) is 3. The van der Waals surface area contributed by atoms with E-state index in [4.69, 9.17) is 17.3 Å². The van der Waals surface area contributed by atoms with E-state index in [1.54, 1.807) is 11.9 Å². The van der Waals surface area contributed by atoms with Crippen LogP contribution in [0.4, 0.5) is 0 Å². The van der Waals surface area contributed by atoms with Crippen molar-refractivity contribution in [1.82, 2.24) is 10.1 Å². The van der Waals surface area contributed by atoms with E-state index in [9.17, 15) is 0 Å². The highest BCUT2D eigenvalue weighted by molar-refractivity contribution is 7.97. The topological polar surface area (TPSA) is 102 Å². The summed E-state index contributed by atoms with van der Waals surface area (Å²) in [7, 11) is 0. The molecule has 1 rings (SSSR count). The van der Waals surface area contributed by atoms with Crippen LogP contribution in [-0.4, -0.2) is 18.6 Å². The summed E-state index contributed by atoms with van der Waals surface area (Å²) in [5.41, 5.74) is 18.1. The van der Waals surface area contributed by atoms with Crippen molar-refractivity contribution >= 4 is 17.5 Å². The van der Waals surface area contributed by atoms with Gasteiger partial charge in [-0.25, -0.2) is 4.72 Å². The molecule has 8 N–H and O–H groups in total. The molecule has 0 amide bonds. The number of hydrogen-bond acceptors (Lipinski definition) is 6. The van der Waals surface area contributed by atoms with Crippen LogP contribution < -0.4 is 27.5 Å². The molecule has 0 spiro atoms. The van der Waals surface area contributed by atoms with Crippen LogP contribution in [0.15, 0.2) is 58.7 Å². The first-order chi connectivity index (χ1) is 12.4. The fraction of sp³-hybridized carbons (Fsp3) is 0.400. The van der Waals surface area contributed by atoms with E-state index in [0.29, 0.717) is 13.1 Å². The van der Waals surface area contributed by atoms with Gasteiger partial charge in [0.1, 0.15) is 0 Å². The van der Waals surface area contributed by atoms with Crippen molar-refractivity contribution in [3.63, 3.8) is 0 Å². The lowest BCUT2D eigenvalue weighted by atomic mass is 10.0. The molecule has 0 fully saturated rings. The van der Waals surface area contributed by atoms with Crippen LogP contribution in [-0.2, 0) is 0 Å². The smallest absolute Gasteiger partial charge is 0.0635 e. The molecule has 26 heavy (non-hydrogen) atoms. The van der Waals surface area contributed by atoms with E-state index >= 15 is 0 Å². The maximum Gasteiger partial charge on any atom is 0.0635 e. The first-order valence-corrected chi connectivity index (χ1v) is 9.68. The molecule has 0 aliphatic carbocycles. The van der Waals surface area contributed by atoms with E-state index < -0.39 is 0 Å². The third-order valence-electron chi connectivity index (χ3n) is 3.91. The number of hydrogen-bond donors (Lipinski definition) is 5. The SMILES string of the molecule is CC/C=C(\C=C(/C)CN)c1ccc(SNC(C)(C)/C(=C/CN)NN)cc1. The Labute approximate surface area is 162 Å². The highest BCUT2D eigenvalue weighted by atomic mass is 32.2. The van der Waals surface area contributed by atoms with Gasteiger partial charge in [-0.2, -0.15) is 0 Å². The van der Waals surface area contributed by atoms with Crippen LogP contribution in [0.2, 0.25) is 0 Å². The average molecular weight is 376 g/mol. The lowest BCUT2D eigenvalue weighted by Crippen LogP contribution is -2.44. The minimum Gasteiger partial charge on any atom is -0.327 e. The van der Waals surface area contributed by atoms with Gasteiger partial charge in [0.15, 0.2) is 0 Å². The van der Waals surface area contributed by atoms with Crippen molar-refractivity contribution in [2.75, 3.05) is 13.1 Å². The molecule has 0 heterocycles. The van der Waals surface area contributed by atoms with Gasteiger partial charge in [0.2, 0.25) is 0 Å². The lowest BCUT2D eigenvalue weighted by Gasteiger charge is -2.28. The Hall–Kier alpha value is -1.57. The molecule has 0 aliphatic rings. The van der Waals surface area contributed by atoms with Crippen molar-refractivity contribution in [1.29, 1.82) is 0 Å². The normalized spacial score (nSPS) is 13.9. The molecule has 0 atom stereocenters. The third-order valence-corrected chi connectivity index (χ3v) is 5.03. The van der Waals surface area contributed by atoms with Crippen LogP contribution in [0, 0.1) is 0 Å². The standard InChI is InChI=1S/C20H33N5S/c1-5-6-17(13-15(2)14-22)16-7-9-18(10-8-16)26-25-20(3,4)19(24-23)11-12-21/h6-11,13,24-25H,5,12,14,21-23H2,1-4H3/b15-13+,17-6+,19-11-. The summed E-state index contributed by atoms with van der Waals surface area (Å²) in [6.07, 6.45) is 7.24. The molecule has 0 saturated carbocycles. The monoisotopic (exact) mass is 375 g/mol. The molecule has 0 unspecified atom stereocenters. The Bertz CT molecular complexity index is 645. The first kappa shape index (κ1) is 22.5. The predicted octanol–water partition coefficient (Wildman–Crippen LogP) is 3.07. The fourth-order valence-corrected chi connectivity index (χ4v) is 3.13.